The molecule has 0 fully saturated rings. The number of rotatable bonds is 24. The lowest BCUT2D eigenvalue weighted by Gasteiger charge is -2.22. The van der Waals surface area contributed by atoms with Gasteiger partial charge in [-0.2, -0.15) is 0 Å². The molecule has 1 heterocycles. The summed E-state index contributed by atoms with van der Waals surface area (Å²) in [6.07, 6.45) is 0.234. The second-order valence-corrected chi connectivity index (χ2v) is 16.0. The molecule has 3 amide bonds. The van der Waals surface area contributed by atoms with Gasteiger partial charge in [-0.25, -0.2) is 0 Å². The average Bonchev–Trinajstić information content (AvgIpc) is 3.23. The van der Waals surface area contributed by atoms with Gasteiger partial charge < -0.3 is 40.1 Å². The Bertz CT molecular complexity index is 2390. The van der Waals surface area contributed by atoms with E-state index in [-0.39, 0.29) is 72.0 Å². The zero-order chi connectivity index (χ0) is 46.5. The van der Waals surface area contributed by atoms with Crippen LogP contribution in [0.3, 0.4) is 0 Å². The number of aliphatic hydroxyl groups is 1. The van der Waals surface area contributed by atoms with Gasteiger partial charge in [0.1, 0.15) is 28.6 Å². The van der Waals surface area contributed by atoms with Gasteiger partial charge in [-0.3, -0.25) is 38.4 Å². The average molecular weight is 870 g/mol. The molecule has 1 aliphatic heterocycles. The largest absolute Gasteiger partial charge is 0.508 e. The molecule has 2 aromatic rings. The molecular weight excluding hydrogens is 815 g/mol. The van der Waals surface area contributed by atoms with E-state index in [0.29, 0.717) is 53.3 Å². The maximum absolute atomic E-state index is 13.5. The van der Waals surface area contributed by atoms with E-state index < -0.39 is 65.2 Å². The molecular formula is C47H55N3O13. The summed E-state index contributed by atoms with van der Waals surface area (Å²) in [7, 11) is 1.39. The van der Waals surface area contributed by atoms with Gasteiger partial charge in [0.15, 0.2) is 22.8 Å². The number of hydrogen-bond donors (Lipinski definition) is 5. The summed E-state index contributed by atoms with van der Waals surface area (Å²) in [4.78, 5) is 113. The van der Waals surface area contributed by atoms with Crippen LogP contribution in [0.2, 0.25) is 0 Å². The summed E-state index contributed by atoms with van der Waals surface area (Å²) in [6.45, 7) is 7.46. The summed E-state index contributed by atoms with van der Waals surface area (Å²) >= 11 is 0. The Hall–Kier alpha value is -6.55. The minimum atomic E-state index is -1.09. The summed E-state index contributed by atoms with van der Waals surface area (Å²) in [5.74, 6) is -5.20. The monoisotopic (exact) mass is 869 g/mol. The molecule has 0 saturated carbocycles. The summed E-state index contributed by atoms with van der Waals surface area (Å²) in [5.41, 5.74) is 1.70. The first kappa shape index (κ1) is 49.1. The Balaban J connectivity index is 1.34. The number of ketones is 4. The number of phenols is 1. The summed E-state index contributed by atoms with van der Waals surface area (Å²) in [5, 5.41) is 28.2. The van der Waals surface area contributed by atoms with Crippen molar-refractivity contribution < 1.29 is 57.7 Å². The molecule has 0 saturated heterocycles. The standard InChI is InChI=1S/C47H55N3O13/c1-25(45(59)49-28(4)40(58)23-36(29(5)53)47(61)48-6)18-39(57)27(3)50-46(60)31(19-26(2)52)10-8-7-9-11-38(56)30-12-17-41(62-24-51)37(20-30)44-34-15-13-32(54)21-42(34)63-43-22-33(55)14-16-35(43)44/h12-17,20-22,24-25,27-29,31,36,53-54H,7-11,18-19,23H2,1-6H3,(H,48,61)(H,49,59)(H,50,60)/t25-,27+,28+,29-,31-,36+/m0/s1. The van der Waals surface area contributed by atoms with Crippen LogP contribution in [0.15, 0.2) is 63.8 Å². The third kappa shape index (κ3) is 13.2. The second kappa shape index (κ2) is 22.5. The van der Waals surface area contributed by atoms with Crippen LogP contribution in [0.5, 0.6) is 11.5 Å². The van der Waals surface area contributed by atoms with Gasteiger partial charge in [-0.05, 0) is 83.0 Å². The number of Topliss-reactive ketones (excluding diaryl/α,β-unsaturated/α-hetero) is 4. The Morgan fingerprint density at radius 2 is 1.46 bits per heavy atom. The lowest BCUT2D eigenvalue weighted by molar-refractivity contribution is -0.135. The fraction of sp³-hybridized carbons (Fsp3) is 0.426. The van der Waals surface area contributed by atoms with Crippen LogP contribution in [-0.2, 0) is 33.6 Å². The van der Waals surface area contributed by atoms with Crippen LogP contribution in [0.4, 0.5) is 0 Å². The molecule has 1 aliphatic carbocycles. The number of benzene rings is 3. The molecule has 2 aromatic carbocycles. The van der Waals surface area contributed by atoms with E-state index in [0.717, 1.165) is 0 Å². The summed E-state index contributed by atoms with van der Waals surface area (Å²) in [6, 6.07) is 11.4. The number of phenolic OH excluding ortho intramolecular Hbond substituents is 1. The van der Waals surface area contributed by atoms with Crippen molar-refractivity contribution in [3.63, 3.8) is 0 Å². The number of carbonyl (C=O) groups is 8. The van der Waals surface area contributed by atoms with Gasteiger partial charge in [-0.1, -0.05) is 19.8 Å². The van der Waals surface area contributed by atoms with Gasteiger partial charge in [0, 0.05) is 84.3 Å². The number of aliphatic hydroxyl groups excluding tert-OH is 1. The molecule has 6 atom stereocenters. The highest BCUT2D eigenvalue weighted by Crippen LogP contribution is 2.44. The van der Waals surface area contributed by atoms with Gasteiger partial charge >= 0.3 is 0 Å². The zero-order valence-corrected chi connectivity index (χ0v) is 36.3. The van der Waals surface area contributed by atoms with Crippen molar-refractivity contribution in [1.82, 2.24) is 16.0 Å². The summed E-state index contributed by atoms with van der Waals surface area (Å²) < 4.78 is 11.2. The van der Waals surface area contributed by atoms with E-state index >= 15 is 0 Å². The van der Waals surface area contributed by atoms with E-state index in [9.17, 15) is 53.4 Å². The van der Waals surface area contributed by atoms with Crippen molar-refractivity contribution in [3.05, 3.63) is 70.4 Å². The predicted octanol–water partition coefficient (Wildman–Crippen LogP) is 4.84. The number of amides is 3. The van der Waals surface area contributed by atoms with Crippen molar-refractivity contribution in [1.29, 1.82) is 0 Å². The smallest absolute Gasteiger partial charge is 0.298 e. The molecule has 2 aliphatic rings. The van der Waals surface area contributed by atoms with Crippen LogP contribution in [0, 0.1) is 17.8 Å². The van der Waals surface area contributed by atoms with Crippen molar-refractivity contribution in [2.45, 2.75) is 104 Å². The first-order chi connectivity index (χ1) is 29.8. The topological polar surface area (TPSA) is 253 Å². The molecule has 16 heteroatoms. The maximum atomic E-state index is 13.5. The van der Waals surface area contributed by atoms with Gasteiger partial charge in [0.2, 0.25) is 17.7 Å². The molecule has 0 spiro atoms. The van der Waals surface area contributed by atoms with E-state index in [4.69, 9.17) is 9.15 Å². The Morgan fingerprint density at radius 3 is 2.11 bits per heavy atom. The van der Waals surface area contributed by atoms with E-state index in [2.05, 4.69) is 16.0 Å². The molecule has 5 N–H and O–H groups in total. The molecule has 0 radical (unpaired) electrons. The Morgan fingerprint density at radius 1 is 0.778 bits per heavy atom. The van der Waals surface area contributed by atoms with Crippen molar-refractivity contribution >= 4 is 58.3 Å². The van der Waals surface area contributed by atoms with E-state index in [1.165, 1.54) is 72.0 Å². The third-order valence-electron chi connectivity index (χ3n) is 11.0. The van der Waals surface area contributed by atoms with E-state index in [1.54, 1.807) is 24.3 Å². The Kier molecular flexibility index (Phi) is 17.6. The highest BCUT2D eigenvalue weighted by molar-refractivity contribution is 6.06. The fourth-order valence-corrected chi connectivity index (χ4v) is 7.35. The van der Waals surface area contributed by atoms with Gasteiger partial charge in [0.25, 0.3) is 6.47 Å². The van der Waals surface area contributed by atoms with Crippen LogP contribution in [-0.4, -0.2) is 82.8 Å². The number of unbranched alkanes of at least 4 members (excludes halogenated alkanes) is 2. The van der Waals surface area contributed by atoms with Gasteiger partial charge in [0.05, 0.1) is 24.1 Å². The molecule has 4 rings (SSSR count). The van der Waals surface area contributed by atoms with Crippen LogP contribution < -0.4 is 26.1 Å². The number of carbonyl (C=O) groups excluding carboxylic acids is 8. The highest BCUT2D eigenvalue weighted by atomic mass is 16.5. The third-order valence-corrected chi connectivity index (χ3v) is 11.0. The van der Waals surface area contributed by atoms with Crippen molar-refractivity contribution in [2.24, 2.45) is 17.8 Å². The number of nitrogens with one attached hydrogen (secondary N) is 3. The normalized spacial score (nSPS) is 14.1. The number of fused-ring (bicyclic) bond motifs is 2. The first-order valence-corrected chi connectivity index (χ1v) is 20.9. The van der Waals surface area contributed by atoms with Gasteiger partial charge in [-0.15, -0.1) is 0 Å². The minimum Gasteiger partial charge on any atom is -0.508 e. The number of ether oxygens (including phenoxy) is 1. The fourth-order valence-electron chi connectivity index (χ4n) is 7.35. The molecule has 63 heavy (non-hydrogen) atoms. The molecule has 0 unspecified atom stereocenters. The van der Waals surface area contributed by atoms with Crippen LogP contribution in [0.1, 0.15) is 96.3 Å². The van der Waals surface area contributed by atoms with E-state index in [1.807, 2.05) is 0 Å². The quantitative estimate of drug-likeness (QED) is 0.0274. The first-order valence-electron chi connectivity index (χ1n) is 20.9. The lowest BCUT2D eigenvalue weighted by atomic mass is 9.91. The predicted molar refractivity (Wildman–Crippen MR) is 232 cm³/mol. The van der Waals surface area contributed by atoms with Crippen molar-refractivity contribution in [3.8, 4) is 33.9 Å². The zero-order valence-electron chi connectivity index (χ0n) is 36.3. The number of aromatic hydroxyl groups is 1. The molecule has 336 valence electrons. The maximum Gasteiger partial charge on any atom is 0.298 e. The molecule has 16 nitrogen and oxygen atoms in total. The Labute approximate surface area is 364 Å². The molecule has 0 bridgehead atoms. The highest BCUT2D eigenvalue weighted by Gasteiger charge is 2.31. The van der Waals surface area contributed by atoms with Crippen LogP contribution >= 0.6 is 0 Å². The second-order valence-electron chi connectivity index (χ2n) is 16.0. The van der Waals surface area contributed by atoms with Crippen molar-refractivity contribution in [2.75, 3.05) is 7.05 Å². The molecule has 0 aromatic heterocycles. The van der Waals surface area contributed by atoms with Crippen LogP contribution in [0.25, 0.3) is 33.4 Å². The number of hydrogen-bond acceptors (Lipinski definition) is 13. The lowest BCUT2D eigenvalue weighted by Crippen LogP contribution is -2.46. The SMILES string of the molecule is CNC(=O)[C@H](CC(=O)[C@@H](C)NC(=O)[C@@H](C)CC(=O)[C@@H](C)NC(=O)[C@@H](CCCCCC(=O)c1ccc(OC=O)c(-c2c3ccc(=O)cc-3oc3cc(O)ccc23)c1)CC(C)=O)[C@H](C)O. The minimum absolute atomic E-state index is 0.0594.